The van der Waals surface area contributed by atoms with Crippen LogP contribution in [-0.4, -0.2) is 34.3 Å². The van der Waals surface area contributed by atoms with Crippen LogP contribution in [0.3, 0.4) is 0 Å². The van der Waals surface area contributed by atoms with E-state index in [-0.39, 0.29) is 36.0 Å². The molecule has 1 unspecified atom stereocenters. The lowest BCUT2D eigenvalue weighted by atomic mass is 9.43. The van der Waals surface area contributed by atoms with Crippen LogP contribution in [0, 0.1) is 40.4 Å². The van der Waals surface area contributed by atoms with Crippen molar-refractivity contribution in [3.05, 3.63) is 0 Å². The Morgan fingerprint density at radius 1 is 0.848 bits per heavy atom. The van der Waals surface area contributed by atoms with Gasteiger partial charge in [0.25, 0.3) is 0 Å². The Morgan fingerprint density at radius 3 is 2.15 bits per heavy atom. The summed E-state index contributed by atoms with van der Waals surface area (Å²) < 4.78 is 78.4. The van der Waals surface area contributed by atoms with Gasteiger partial charge in [0.15, 0.2) is 5.60 Å². The van der Waals surface area contributed by atoms with E-state index in [1.54, 1.807) is 0 Å². The molecule has 192 valence electrons. The van der Waals surface area contributed by atoms with Gasteiger partial charge in [-0.05, 0) is 111 Å². The Hall–Kier alpha value is -0.500. The highest BCUT2D eigenvalue weighted by Crippen LogP contribution is 2.69. The SMILES string of the molecule is C[C@]12CC[C@@](O)(C(F)(F)F)C[C@@H]1CC[C@@H]1[C@@H]2CC[C@]2(C)[C@H](CCCC(O)C(F)(F)F)CC[C@@H]12. The van der Waals surface area contributed by atoms with E-state index in [4.69, 9.17) is 0 Å². The number of fused-ring (bicyclic) bond motifs is 5. The molecule has 0 aromatic heterocycles. The van der Waals surface area contributed by atoms with Gasteiger partial charge in [0.05, 0.1) is 0 Å². The van der Waals surface area contributed by atoms with Crippen LogP contribution in [0.25, 0.3) is 0 Å². The second-order valence-electron chi connectivity index (χ2n) is 12.2. The maximum Gasteiger partial charge on any atom is 0.417 e. The molecule has 0 aliphatic heterocycles. The minimum absolute atomic E-state index is 0.0644. The standard InChI is InChI=1S/C25H38F6O2/c1-21-11-10-19-17(18(21)9-7-15(21)4-3-5-20(32)24(26,27)28)8-6-16-14-23(33,25(29,30)31)13-12-22(16,19)2/h15-20,32-33H,3-14H2,1-2H3/t15-,16+,17+,18+,19+,20?,21-,22+,23+/m1/s1. The third kappa shape index (κ3) is 4.23. The van der Waals surface area contributed by atoms with Gasteiger partial charge >= 0.3 is 12.4 Å². The molecule has 8 heteroatoms. The van der Waals surface area contributed by atoms with Crippen molar-refractivity contribution in [2.45, 2.75) is 115 Å². The van der Waals surface area contributed by atoms with Crippen LogP contribution < -0.4 is 0 Å². The van der Waals surface area contributed by atoms with Crippen molar-refractivity contribution < 1.29 is 36.6 Å². The Morgan fingerprint density at radius 2 is 1.52 bits per heavy atom. The molecule has 0 bridgehead atoms. The molecule has 4 aliphatic rings. The maximum absolute atomic E-state index is 13.5. The molecule has 4 aliphatic carbocycles. The molecule has 33 heavy (non-hydrogen) atoms. The molecule has 4 fully saturated rings. The predicted octanol–water partition coefficient (Wildman–Crippen LogP) is 7.03. The molecule has 9 atom stereocenters. The van der Waals surface area contributed by atoms with Gasteiger partial charge in [-0.2, -0.15) is 26.3 Å². The molecule has 0 aromatic carbocycles. The normalized spacial score (nSPS) is 46.9. The van der Waals surface area contributed by atoms with Crippen LogP contribution in [0.2, 0.25) is 0 Å². The van der Waals surface area contributed by atoms with E-state index in [9.17, 15) is 36.6 Å². The highest BCUT2D eigenvalue weighted by atomic mass is 19.4. The van der Waals surface area contributed by atoms with E-state index in [1.165, 1.54) is 0 Å². The number of alkyl halides is 6. The lowest BCUT2D eigenvalue weighted by molar-refractivity contribution is -0.290. The van der Waals surface area contributed by atoms with Gasteiger partial charge in [0.2, 0.25) is 0 Å². The van der Waals surface area contributed by atoms with E-state index in [0.717, 1.165) is 32.1 Å². The summed E-state index contributed by atoms with van der Waals surface area (Å²) >= 11 is 0. The van der Waals surface area contributed by atoms with E-state index in [1.807, 2.05) is 0 Å². The molecule has 2 nitrogen and oxygen atoms in total. The van der Waals surface area contributed by atoms with E-state index < -0.39 is 24.1 Å². The van der Waals surface area contributed by atoms with Gasteiger partial charge in [-0.3, -0.25) is 0 Å². The smallest absolute Gasteiger partial charge is 0.384 e. The zero-order valence-corrected chi connectivity index (χ0v) is 19.6. The third-order valence-electron chi connectivity index (χ3n) is 10.9. The summed E-state index contributed by atoms with van der Waals surface area (Å²) in [6, 6.07) is 0. The fraction of sp³-hybridized carbons (Fsp3) is 1.00. The van der Waals surface area contributed by atoms with Crippen molar-refractivity contribution in [3.8, 4) is 0 Å². The minimum atomic E-state index is -4.59. The summed E-state index contributed by atoms with van der Waals surface area (Å²) in [5.41, 5.74) is -2.68. The molecule has 4 rings (SSSR count). The van der Waals surface area contributed by atoms with E-state index in [2.05, 4.69) is 13.8 Å². The van der Waals surface area contributed by atoms with Gasteiger partial charge < -0.3 is 10.2 Å². The molecule has 0 aromatic rings. The van der Waals surface area contributed by atoms with Crippen LogP contribution in [0.5, 0.6) is 0 Å². The quantitative estimate of drug-likeness (QED) is 0.421. The second-order valence-corrected chi connectivity index (χ2v) is 12.2. The van der Waals surface area contributed by atoms with Crippen LogP contribution >= 0.6 is 0 Å². The maximum atomic E-state index is 13.5. The zero-order chi connectivity index (χ0) is 24.4. The average molecular weight is 485 g/mol. The largest absolute Gasteiger partial charge is 0.417 e. The van der Waals surface area contributed by atoms with Gasteiger partial charge in [-0.15, -0.1) is 0 Å². The summed E-state index contributed by atoms with van der Waals surface area (Å²) in [4.78, 5) is 0. The summed E-state index contributed by atoms with van der Waals surface area (Å²) in [5.74, 6) is 1.50. The van der Waals surface area contributed by atoms with Gasteiger partial charge in [-0.25, -0.2) is 0 Å². The number of hydrogen-bond acceptors (Lipinski definition) is 2. The van der Waals surface area contributed by atoms with Crippen molar-refractivity contribution >= 4 is 0 Å². The minimum Gasteiger partial charge on any atom is -0.384 e. The first-order chi connectivity index (χ1) is 15.1. The van der Waals surface area contributed by atoms with Crippen molar-refractivity contribution in [3.63, 3.8) is 0 Å². The molecule has 0 spiro atoms. The Labute approximate surface area is 192 Å². The van der Waals surface area contributed by atoms with Gasteiger partial charge in [0.1, 0.15) is 6.10 Å². The van der Waals surface area contributed by atoms with Gasteiger partial charge in [-0.1, -0.05) is 20.3 Å². The topological polar surface area (TPSA) is 40.5 Å². The first kappa shape index (κ1) is 25.6. The summed E-state index contributed by atoms with van der Waals surface area (Å²) in [7, 11) is 0. The fourth-order valence-electron chi connectivity index (χ4n) is 8.81. The van der Waals surface area contributed by atoms with Crippen molar-refractivity contribution in [1.29, 1.82) is 0 Å². The predicted molar refractivity (Wildman–Crippen MR) is 112 cm³/mol. The molecule has 0 radical (unpaired) electrons. The Kier molecular flexibility index (Phi) is 6.42. The van der Waals surface area contributed by atoms with Gasteiger partial charge in [0, 0.05) is 0 Å². The fourth-order valence-corrected chi connectivity index (χ4v) is 8.81. The monoisotopic (exact) mass is 484 g/mol. The van der Waals surface area contributed by atoms with Crippen molar-refractivity contribution in [2.75, 3.05) is 0 Å². The highest BCUT2D eigenvalue weighted by Gasteiger charge is 2.64. The average Bonchev–Trinajstić information content (AvgIpc) is 3.03. The number of hydrogen-bond donors (Lipinski definition) is 2. The molecule has 4 saturated carbocycles. The lowest BCUT2D eigenvalue weighted by Gasteiger charge is -2.62. The molecular weight excluding hydrogens is 446 g/mol. The lowest BCUT2D eigenvalue weighted by Crippen LogP contribution is -2.59. The molecule has 0 heterocycles. The van der Waals surface area contributed by atoms with E-state index in [0.29, 0.717) is 49.4 Å². The molecule has 0 amide bonds. The number of rotatable bonds is 4. The summed E-state index contributed by atoms with van der Waals surface area (Å²) in [5, 5.41) is 19.7. The van der Waals surface area contributed by atoms with Crippen LogP contribution in [0.1, 0.15) is 90.9 Å². The second kappa shape index (κ2) is 8.28. The summed E-state index contributed by atoms with van der Waals surface area (Å²) in [6.07, 6.45) is -5.08. The highest BCUT2D eigenvalue weighted by molar-refractivity contribution is 5.11. The Bertz CT molecular complexity index is 723. The first-order valence-corrected chi connectivity index (χ1v) is 12.7. The van der Waals surface area contributed by atoms with Crippen molar-refractivity contribution in [1.82, 2.24) is 0 Å². The van der Waals surface area contributed by atoms with Crippen LogP contribution in [0.4, 0.5) is 26.3 Å². The van der Waals surface area contributed by atoms with Crippen LogP contribution in [0.15, 0.2) is 0 Å². The first-order valence-electron chi connectivity index (χ1n) is 12.7. The number of halogens is 6. The summed E-state index contributed by atoms with van der Waals surface area (Å²) in [6.45, 7) is 4.43. The molecule has 2 N–H and O–H groups in total. The molecular formula is C25H38F6O2. The number of aliphatic hydroxyl groups is 2. The van der Waals surface area contributed by atoms with Crippen LogP contribution in [-0.2, 0) is 0 Å². The molecule has 0 saturated heterocycles. The Balaban J connectivity index is 1.43. The third-order valence-corrected chi connectivity index (χ3v) is 10.9. The number of aliphatic hydroxyl groups excluding tert-OH is 1. The van der Waals surface area contributed by atoms with Crippen molar-refractivity contribution in [2.24, 2.45) is 40.4 Å². The zero-order valence-electron chi connectivity index (χ0n) is 19.6. The van der Waals surface area contributed by atoms with E-state index >= 15 is 0 Å².